The Morgan fingerprint density at radius 3 is 2.91 bits per heavy atom. The fourth-order valence-corrected chi connectivity index (χ4v) is 1.16. The minimum absolute atomic E-state index is 0.528. The lowest BCUT2D eigenvalue weighted by Crippen LogP contribution is -1.77. The molecule has 0 saturated heterocycles. The van der Waals surface area contributed by atoms with E-state index in [4.69, 9.17) is 0 Å². The number of hydrogen-bond donors (Lipinski definition) is 1. The van der Waals surface area contributed by atoms with Crippen molar-refractivity contribution in [3.05, 3.63) is 36.2 Å². The van der Waals surface area contributed by atoms with Crippen LogP contribution >= 0.6 is 0 Å². The maximum Gasteiger partial charge on any atom is 0.251 e. The molecule has 0 aliphatic carbocycles. The summed E-state index contributed by atoms with van der Waals surface area (Å²) >= 11 is 0. The molecule has 1 aromatic heterocycles. The van der Waals surface area contributed by atoms with Crippen molar-refractivity contribution in [1.82, 2.24) is 4.98 Å². The number of rotatable bonds is 1. The van der Waals surface area contributed by atoms with Crippen molar-refractivity contribution in [3.63, 3.8) is 0 Å². The molecule has 2 aromatic rings. The van der Waals surface area contributed by atoms with E-state index in [2.05, 4.69) is 4.98 Å². The van der Waals surface area contributed by atoms with Gasteiger partial charge in [-0.1, -0.05) is 24.3 Å². The van der Waals surface area contributed by atoms with E-state index in [1.807, 2.05) is 30.6 Å². The molecule has 0 spiro atoms. The van der Waals surface area contributed by atoms with Crippen LogP contribution in [0.3, 0.4) is 0 Å². The van der Waals surface area contributed by atoms with Gasteiger partial charge in [-0.15, -0.1) is 0 Å². The van der Waals surface area contributed by atoms with Crippen molar-refractivity contribution in [3.8, 4) is 0 Å². The average molecular weight is 144 g/mol. The zero-order valence-electron chi connectivity index (χ0n) is 5.79. The van der Waals surface area contributed by atoms with Gasteiger partial charge < -0.3 is 4.98 Å². The van der Waals surface area contributed by atoms with Gasteiger partial charge in [0, 0.05) is 11.6 Å². The second-order valence-corrected chi connectivity index (χ2v) is 2.35. The molecule has 0 atom stereocenters. The van der Waals surface area contributed by atoms with E-state index in [1.54, 1.807) is 6.20 Å². The molecule has 1 heterocycles. The molecule has 0 aliphatic rings. The first-order valence-corrected chi connectivity index (χ1v) is 3.36. The third-order valence-corrected chi connectivity index (χ3v) is 1.70. The van der Waals surface area contributed by atoms with Gasteiger partial charge in [-0.3, -0.25) is 4.79 Å². The van der Waals surface area contributed by atoms with Crippen molar-refractivity contribution >= 4 is 17.1 Å². The Balaban J connectivity index is 2.86. The standard InChI is InChI=1S/C9H6NO/c11-6-9-8-4-2-1-3-7(8)5-10-9/h1-5,10H. The van der Waals surface area contributed by atoms with Crippen molar-refractivity contribution in [2.75, 3.05) is 0 Å². The van der Waals surface area contributed by atoms with E-state index in [0.717, 1.165) is 10.8 Å². The Morgan fingerprint density at radius 2 is 2.09 bits per heavy atom. The molecule has 53 valence electrons. The number of aromatic nitrogens is 1. The van der Waals surface area contributed by atoms with Crippen molar-refractivity contribution in [2.24, 2.45) is 0 Å². The van der Waals surface area contributed by atoms with E-state index in [-0.39, 0.29) is 0 Å². The van der Waals surface area contributed by atoms with Gasteiger partial charge in [-0.25, -0.2) is 0 Å². The molecular formula is C9H6NO. The average Bonchev–Trinajstić information content (AvgIpc) is 2.47. The lowest BCUT2D eigenvalue weighted by atomic mass is 10.2. The molecule has 1 radical (unpaired) electrons. The first-order chi connectivity index (χ1) is 5.42. The molecule has 2 nitrogen and oxygen atoms in total. The number of carbonyl (C=O) groups excluding carboxylic acids is 1. The van der Waals surface area contributed by atoms with Crippen molar-refractivity contribution in [2.45, 2.75) is 0 Å². The van der Waals surface area contributed by atoms with Crippen LogP contribution in [0.25, 0.3) is 10.8 Å². The lowest BCUT2D eigenvalue weighted by Gasteiger charge is -1.85. The Morgan fingerprint density at radius 1 is 1.27 bits per heavy atom. The highest BCUT2D eigenvalue weighted by atomic mass is 16.1. The van der Waals surface area contributed by atoms with Crippen molar-refractivity contribution in [1.29, 1.82) is 0 Å². The van der Waals surface area contributed by atoms with Crippen LogP contribution in [0.5, 0.6) is 0 Å². The normalized spacial score (nSPS) is 10.2. The van der Waals surface area contributed by atoms with E-state index < -0.39 is 0 Å². The maximum atomic E-state index is 10.3. The van der Waals surface area contributed by atoms with Crippen LogP contribution in [-0.4, -0.2) is 11.3 Å². The van der Waals surface area contributed by atoms with Crippen LogP contribution in [-0.2, 0) is 4.79 Å². The number of H-pyrrole nitrogens is 1. The zero-order valence-corrected chi connectivity index (χ0v) is 5.79. The van der Waals surface area contributed by atoms with Gasteiger partial charge >= 0.3 is 0 Å². The van der Waals surface area contributed by atoms with Gasteiger partial charge in [0.2, 0.25) is 0 Å². The number of benzene rings is 1. The minimum Gasteiger partial charge on any atom is -0.357 e. The van der Waals surface area contributed by atoms with Gasteiger partial charge in [0.05, 0.1) is 5.69 Å². The van der Waals surface area contributed by atoms with E-state index in [0.29, 0.717) is 5.69 Å². The quantitative estimate of drug-likeness (QED) is 0.648. The van der Waals surface area contributed by atoms with E-state index in [1.165, 1.54) is 0 Å². The summed E-state index contributed by atoms with van der Waals surface area (Å²) in [7, 11) is 0. The Kier molecular flexibility index (Phi) is 1.25. The predicted molar refractivity (Wildman–Crippen MR) is 43.1 cm³/mol. The number of nitrogens with one attached hydrogen (secondary N) is 1. The van der Waals surface area contributed by atoms with Gasteiger partial charge in [0.25, 0.3) is 6.29 Å². The molecule has 0 saturated carbocycles. The molecule has 1 N–H and O–H groups in total. The number of fused-ring (bicyclic) bond motifs is 1. The highest BCUT2D eigenvalue weighted by Gasteiger charge is 1.99. The summed E-state index contributed by atoms with van der Waals surface area (Å²) in [5, 5.41) is 1.98. The van der Waals surface area contributed by atoms with Gasteiger partial charge in [0.1, 0.15) is 0 Å². The maximum absolute atomic E-state index is 10.3. The number of hydrogen-bond acceptors (Lipinski definition) is 1. The van der Waals surface area contributed by atoms with Crippen LogP contribution in [0.15, 0.2) is 30.5 Å². The Labute approximate surface area is 63.8 Å². The summed E-state index contributed by atoms with van der Waals surface area (Å²) in [5.74, 6) is 0. The summed E-state index contributed by atoms with van der Waals surface area (Å²) in [6.45, 7) is 0. The molecule has 0 amide bonds. The van der Waals surface area contributed by atoms with Crippen LogP contribution < -0.4 is 0 Å². The smallest absolute Gasteiger partial charge is 0.251 e. The molecule has 2 rings (SSSR count). The molecule has 0 bridgehead atoms. The number of aromatic amines is 1. The summed E-state index contributed by atoms with van der Waals surface area (Å²) in [6, 6.07) is 7.68. The third-order valence-electron chi connectivity index (χ3n) is 1.70. The largest absolute Gasteiger partial charge is 0.357 e. The second kappa shape index (κ2) is 2.23. The molecule has 11 heavy (non-hydrogen) atoms. The van der Waals surface area contributed by atoms with E-state index >= 15 is 0 Å². The summed E-state index contributed by atoms with van der Waals surface area (Å²) in [4.78, 5) is 13.2. The van der Waals surface area contributed by atoms with Crippen molar-refractivity contribution < 1.29 is 4.79 Å². The summed E-state index contributed by atoms with van der Waals surface area (Å²) in [6.07, 6.45) is 3.65. The molecule has 1 aromatic carbocycles. The third kappa shape index (κ3) is 0.835. The van der Waals surface area contributed by atoms with Crippen LogP contribution in [0.2, 0.25) is 0 Å². The van der Waals surface area contributed by atoms with Gasteiger partial charge in [-0.2, -0.15) is 0 Å². The first kappa shape index (κ1) is 6.16. The summed E-state index contributed by atoms with van der Waals surface area (Å²) < 4.78 is 0. The first-order valence-electron chi connectivity index (χ1n) is 3.36. The van der Waals surface area contributed by atoms with Crippen LogP contribution in [0, 0.1) is 0 Å². The minimum atomic E-state index is 0.528. The predicted octanol–water partition coefficient (Wildman–Crippen LogP) is 1.63. The molecule has 0 aliphatic heterocycles. The fourth-order valence-electron chi connectivity index (χ4n) is 1.16. The lowest BCUT2D eigenvalue weighted by molar-refractivity contribution is 0.562. The van der Waals surface area contributed by atoms with Crippen LogP contribution in [0.1, 0.15) is 5.69 Å². The molecule has 0 fully saturated rings. The second-order valence-electron chi connectivity index (χ2n) is 2.35. The monoisotopic (exact) mass is 144 g/mol. The van der Waals surface area contributed by atoms with Gasteiger partial charge in [-0.05, 0) is 5.39 Å². The topological polar surface area (TPSA) is 32.9 Å². The van der Waals surface area contributed by atoms with Crippen LogP contribution in [0.4, 0.5) is 0 Å². The molecule has 0 unspecified atom stereocenters. The highest BCUT2D eigenvalue weighted by molar-refractivity contribution is 5.97. The Bertz CT molecular complexity index is 389. The SMILES string of the molecule is O=[C]c1[nH]cc2ccccc12. The molecule has 2 heteroatoms. The highest BCUT2D eigenvalue weighted by Crippen LogP contribution is 2.15. The summed E-state index contributed by atoms with van der Waals surface area (Å²) in [5.41, 5.74) is 0.528. The zero-order chi connectivity index (χ0) is 7.68. The fraction of sp³-hybridized carbons (Fsp3) is 0. The molecular weight excluding hydrogens is 138 g/mol. The van der Waals surface area contributed by atoms with Gasteiger partial charge in [0.15, 0.2) is 0 Å². The van der Waals surface area contributed by atoms with E-state index in [9.17, 15) is 4.79 Å². The Hall–Kier alpha value is -1.57.